The summed E-state index contributed by atoms with van der Waals surface area (Å²) in [5, 5.41) is 5.87. The van der Waals surface area contributed by atoms with Crippen molar-refractivity contribution in [2.75, 3.05) is 12.4 Å². The maximum absolute atomic E-state index is 12.5. The minimum Gasteiger partial charge on any atom is -0.469 e. The van der Waals surface area contributed by atoms with E-state index in [9.17, 15) is 22.8 Å². The number of aromatic nitrogens is 2. The first-order chi connectivity index (χ1) is 12.0. The molecule has 0 aliphatic carbocycles. The average molecular weight is 371 g/mol. The Hall–Kier alpha value is -2.91. The molecule has 0 saturated carbocycles. The third kappa shape index (κ3) is 4.58. The van der Waals surface area contributed by atoms with Gasteiger partial charge in [0.1, 0.15) is 0 Å². The van der Waals surface area contributed by atoms with E-state index >= 15 is 0 Å². The molecule has 0 unspecified atom stereocenters. The first-order valence-corrected chi connectivity index (χ1v) is 7.42. The van der Waals surface area contributed by atoms with Crippen LogP contribution in [0.15, 0.2) is 28.8 Å². The van der Waals surface area contributed by atoms with Crippen LogP contribution in [0.1, 0.15) is 26.2 Å². The summed E-state index contributed by atoms with van der Waals surface area (Å²) in [7, 11) is 1.24. The Labute approximate surface area is 146 Å². The highest BCUT2D eigenvalue weighted by molar-refractivity contribution is 5.94. The van der Waals surface area contributed by atoms with Gasteiger partial charge in [0.05, 0.1) is 12.5 Å². The second-order valence-electron chi connectivity index (χ2n) is 6.10. The Morgan fingerprint density at radius 2 is 1.81 bits per heavy atom. The summed E-state index contributed by atoms with van der Waals surface area (Å²) in [6.07, 6.45) is -4.81. The number of carbonyl (C=O) groups is 2. The fourth-order valence-electron chi connectivity index (χ4n) is 2.11. The standard InChI is InChI=1S/C16H16F3N3O4/c1-15(2,14(24)25-3)8-11(23)20-10-6-4-9(5-7-10)12-21-13(26-22-12)16(17,18)19/h4-7H,8H2,1-3H3,(H,20,23). The van der Waals surface area contributed by atoms with Gasteiger partial charge in [-0.25, -0.2) is 0 Å². The fraction of sp³-hybridized carbons (Fsp3) is 0.375. The Bertz CT molecular complexity index is 798. The van der Waals surface area contributed by atoms with Crippen molar-refractivity contribution < 1.29 is 32.0 Å². The highest BCUT2D eigenvalue weighted by Crippen LogP contribution is 2.29. The van der Waals surface area contributed by atoms with E-state index in [-0.39, 0.29) is 17.8 Å². The number of rotatable bonds is 5. The number of amides is 1. The van der Waals surface area contributed by atoms with Crippen LogP contribution in [0.25, 0.3) is 11.4 Å². The molecule has 10 heteroatoms. The van der Waals surface area contributed by atoms with E-state index in [1.165, 1.54) is 31.4 Å². The van der Waals surface area contributed by atoms with Crippen LogP contribution in [-0.4, -0.2) is 29.1 Å². The van der Waals surface area contributed by atoms with Gasteiger partial charge in [-0.1, -0.05) is 5.16 Å². The Morgan fingerprint density at radius 1 is 1.19 bits per heavy atom. The van der Waals surface area contributed by atoms with Crippen LogP contribution in [-0.2, 0) is 20.5 Å². The lowest BCUT2D eigenvalue weighted by Crippen LogP contribution is -2.30. The molecule has 2 aromatic rings. The van der Waals surface area contributed by atoms with Crippen LogP contribution in [0, 0.1) is 5.41 Å². The van der Waals surface area contributed by atoms with E-state index in [1.54, 1.807) is 13.8 Å². The van der Waals surface area contributed by atoms with Crippen LogP contribution in [0.4, 0.5) is 18.9 Å². The van der Waals surface area contributed by atoms with Crippen molar-refractivity contribution in [3.8, 4) is 11.4 Å². The molecule has 0 bridgehead atoms. The number of hydrogen-bond acceptors (Lipinski definition) is 6. The third-order valence-electron chi connectivity index (χ3n) is 3.44. The van der Waals surface area contributed by atoms with Gasteiger partial charge in [0.25, 0.3) is 0 Å². The number of esters is 1. The topological polar surface area (TPSA) is 94.3 Å². The summed E-state index contributed by atoms with van der Waals surface area (Å²) in [4.78, 5) is 26.9. The van der Waals surface area contributed by atoms with Crippen LogP contribution >= 0.6 is 0 Å². The molecule has 0 spiro atoms. The molecule has 1 aromatic carbocycles. The first kappa shape index (κ1) is 19.4. The summed E-state index contributed by atoms with van der Waals surface area (Å²) in [6.45, 7) is 3.16. The summed E-state index contributed by atoms with van der Waals surface area (Å²) in [6, 6.07) is 5.82. The number of benzene rings is 1. The zero-order chi connectivity index (χ0) is 19.5. The van der Waals surface area contributed by atoms with Crippen molar-refractivity contribution in [1.82, 2.24) is 10.1 Å². The van der Waals surface area contributed by atoms with E-state index in [2.05, 4.69) is 24.7 Å². The largest absolute Gasteiger partial charge is 0.471 e. The Kier molecular flexibility index (Phi) is 5.33. The Morgan fingerprint density at radius 3 is 2.31 bits per heavy atom. The second kappa shape index (κ2) is 7.14. The number of nitrogens with one attached hydrogen (secondary N) is 1. The van der Waals surface area contributed by atoms with Gasteiger partial charge in [0, 0.05) is 17.7 Å². The van der Waals surface area contributed by atoms with Crippen molar-refractivity contribution >= 4 is 17.6 Å². The third-order valence-corrected chi connectivity index (χ3v) is 3.44. The van der Waals surface area contributed by atoms with Crippen LogP contribution in [0.2, 0.25) is 0 Å². The van der Waals surface area contributed by atoms with Crippen molar-refractivity contribution in [1.29, 1.82) is 0 Å². The molecular weight excluding hydrogens is 355 g/mol. The molecule has 0 fully saturated rings. The monoisotopic (exact) mass is 371 g/mol. The van der Waals surface area contributed by atoms with Crippen LogP contribution < -0.4 is 5.32 Å². The van der Waals surface area contributed by atoms with Gasteiger partial charge in [-0.3, -0.25) is 9.59 Å². The molecule has 0 aliphatic heterocycles. The lowest BCUT2D eigenvalue weighted by atomic mass is 9.89. The van der Waals surface area contributed by atoms with Crippen molar-refractivity contribution in [2.24, 2.45) is 5.41 Å². The summed E-state index contributed by atoms with van der Waals surface area (Å²) < 4.78 is 46.2. The lowest BCUT2D eigenvalue weighted by Gasteiger charge is -2.20. The van der Waals surface area contributed by atoms with Gasteiger partial charge in [-0.05, 0) is 38.1 Å². The van der Waals surface area contributed by atoms with Gasteiger partial charge in [-0.15, -0.1) is 0 Å². The van der Waals surface area contributed by atoms with Gasteiger partial charge < -0.3 is 14.6 Å². The number of carbonyl (C=O) groups excluding carboxylic acids is 2. The zero-order valence-corrected chi connectivity index (χ0v) is 14.2. The number of nitrogens with zero attached hydrogens (tertiary/aromatic N) is 2. The van der Waals surface area contributed by atoms with Crippen molar-refractivity contribution in [3.63, 3.8) is 0 Å². The molecule has 0 aliphatic rings. The van der Waals surface area contributed by atoms with Crippen molar-refractivity contribution in [2.45, 2.75) is 26.4 Å². The summed E-state index contributed by atoms with van der Waals surface area (Å²) in [5.74, 6) is -2.58. The van der Waals surface area contributed by atoms with E-state index < -0.39 is 29.4 Å². The quantitative estimate of drug-likeness (QED) is 0.811. The maximum Gasteiger partial charge on any atom is 0.471 e. The van der Waals surface area contributed by atoms with Gasteiger partial charge >= 0.3 is 18.0 Å². The van der Waals surface area contributed by atoms with E-state index in [1.807, 2.05) is 0 Å². The van der Waals surface area contributed by atoms with Crippen molar-refractivity contribution in [3.05, 3.63) is 30.2 Å². The first-order valence-electron chi connectivity index (χ1n) is 7.42. The lowest BCUT2D eigenvalue weighted by molar-refractivity contribution is -0.159. The molecule has 1 heterocycles. The number of halogens is 3. The average Bonchev–Trinajstić information content (AvgIpc) is 3.04. The molecule has 1 N–H and O–H groups in total. The molecule has 0 atom stereocenters. The summed E-state index contributed by atoms with van der Waals surface area (Å²) in [5.41, 5.74) is -0.298. The molecule has 2 rings (SSSR count). The molecule has 1 aromatic heterocycles. The minimum absolute atomic E-state index is 0.0960. The maximum atomic E-state index is 12.5. The van der Waals surface area contributed by atoms with E-state index in [4.69, 9.17) is 0 Å². The number of hydrogen-bond donors (Lipinski definition) is 1. The minimum atomic E-state index is -4.72. The number of methoxy groups -OCH3 is 1. The van der Waals surface area contributed by atoms with Crippen LogP contribution in [0.3, 0.4) is 0 Å². The number of anilines is 1. The second-order valence-corrected chi connectivity index (χ2v) is 6.10. The normalized spacial score (nSPS) is 11.9. The van der Waals surface area contributed by atoms with Gasteiger partial charge in [0.2, 0.25) is 11.7 Å². The van der Waals surface area contributed by atoms with E-state index in [0.717, 1.165) is 0 Å². The molecule has 7 nitrogen and oxygen atoms in total. The SMILES string of the molecule is COC(=O)C(C)(C)CC(=O)Nc1ccc(-c2noc(C(F)(F)F)n2)cc1. The molecule has 1 amide bonds. The zero-order valence-electron chi connectivity index (χ0n) is 14.2. The van der Waals surface area contributed by atoms with Gasteiger partial charge in [-0.2, -0.15) is 18.2 Å². The highest BCUT2D eigenvalue weighted by Gasteiger charge is 2.38. The fourth-order valence-corrected chi connectivity index (χ4v) is 2.11. The van der Waals surface area contributed by atoms with Crippen LogP contribution in [0.5, 0.6) is 0 Å². The molecular formula is C16H16F3N3O4. The van der Waals surface area contributed by atoms with Gasteiger partial charge in [0.15, 0.2) is 0 Å². The highest BCUT2D eigenvalue weighted by atomic mass is 19.4. The molecule has 0 radical (unpaired) electrons. The summed E-state index contributed by atoms with van der Waals surface area (Å²) >= 11 is 0. The predicted molar refractivity (Wildman–Crippen MR) is 83.8 cm³/mol. The predicted octanol–water partition coefficient (Wildman–Crippen LogP) is 3.28. The Balaban J connectivity index is 2.05. The van der Waals surface area contributed by atoms with E-state index in [0.29, 0.717) is 5.69 Å². The number of ether oxygens (including phenoxy) is 1. The smallest absolute Gasteiger partial charge is 0.469 e. The molecule has 26 heavy (non-hydrogen) atoms. The molecule has 140 valence electrons. The number of alkyl halides is 3. The molecule has 0 saturated heterocycles.